The lowest BCUT2D eigenvalue weighted by Gasteiger charge is -2.12. The standard InChI is InChI=1S/C20H24N6O/c1-13-11-15(20(27)23-14-8-9-16(21-12-14)25(2)3)18-19(22-13)26-10-6-4-5-7-17(26)24-18/h8-9,11-12H,4-7,10H2,1-3H3,(H,23,27). The third-order valence-electron chi connectivity index (χ3n) is 4.90. The Morgan fingerprint density at radius 3 is 2.78 bits per heavy atom. The van der Waals surface area contributed by atoms with Crippen LogP contribution in [0.25, 0.3) is 11.2 Å². The molecule has 1 N–H and O–H groups in total. The van der Waals surface area contributed by atoms with Gasteiger partial charge >= 0.3 is 0 Å². The van der Waals surface area contributed by atoms with Gasteiger partial charge in [-0.15, -0.1) is 0 Å². The zero-order chi connectivity index (χ0) is 19.0. The summed E-state index contributed by atoms with van der Waals surface area (Å²) in [5, 5.41) is 2.94. The van der Waals surface area contributed by atoms with Gasteiger partial charge in [-0.25, -0.2) is 15.0 Å². The topological polar surface area (TPSA) is 75.9 Å². The lowest BCUT2D eigenvalue weighted by atomic mass is 10.2. The molecule has 1 amide bonds. The van der Waals surface area contributed by atoms with Gasteiger partial charge in [0.25, 0.3) is 5.91 Å². The molecular formula is C20H24N6O. The van der Waals surface area contributed by atoms with E-state index >= 15 is 0 Å². The van der Waals surface area contributed by atoms with E-state index in [0.717, 1.165) is 48.8 Å². The number of aromatic nitrogens is 4. The predicted octanol–water partition coefficient (Wildman–Crippen LogP) is 3.18. The Labute approximate surface area is 158 Å². The molecule has 0 radical (unpaired) electrons. The number of imidazole rings is 1. The molecule has 7 heteroatoms. The van der Waals surface area contributed by atoms with E-state index in [1.165, 1.54) is 6.42 Å². The fourth-order valence-corrected chi connectivity index (χ4v) is 3.51. The predicted molar refractivity (Wildman–Crippen MR) is 106 cm³/mol. The third-order valence-corrected chi connectivity index (χ3v) is 4.90. The maximum absolute atomic E-state index is 13.0. The average molecular weight is 364 g/mol. The van der Waals surface area contributed by atoms with Gasteiger partial charge in [-0.2, -0.15) is 0 Å². The summed E-state index contributed by atoms with van der Waals surface area (Å²) in [6.45, 7) is 2.83. The summed E-state index contributed by atoms with van der Waals surface area (Å²) >= 11 is 0. The quantitative estimate of drug-likeness (QED) is 0.772. The minimum atomic E-state index is -0.182. The molecule has 0 spiro atoms. The highest BCUT2D eigenvalue weighted by Crippen LogP contribution is 2.24. The maximum atomic E-state index is 13.0. The number of fused-ring (bicyclic) bond motifs is 3. The Hall–Kier alpha value is -2.96. The molecule has 4 heterocycles. The van der Waals surface area contributed by atoms with Crippen LogP contribution in [0, 0.1) is 6.92 Å². The molecule has 0 atom stereocenters. The molecule has 3 aromatic rings. The van der Waals surface area contributed by atoms with Crippen molar-refractivity contribution in [1.29, 1.82) is 0 Å². The number of hydrogen-bond donors (Lipinski definition) is 1. The molecule has 0 bridgehead atoms. The first-order valence-electron chi connectivity index (χ1n) is 9.34. The van der Waals surface area contributed by atoms with Gasteiger partial charge < -0.3 is 14.8 Å². The van der Waals surface area contributed by atoms with Gasteiger partial charge in [-0.05, 0) is 38.0 Å². The molecule has 0 fully saturated rings. The number of pyridine rings is 2. The summed E-state index contributed by atoms with van der Waals surface area (Å²) in [5.74, 6) is 1.69. The zero-order valence-corrected chi connectivity index (χ0v) is 16.0. The van der Waals surface area contributed by atoms with Gasteiger partial charge in [-0.1, -0.05) is 6.42 Å². The molecular weight excluding hydrogens is 340 g/mol. The van der Waals surface area contributed by atoms with Crippen LogP contribution in [-0.4, -0.2) is 39.5 Å². The largest absolute Gasteiger partial charge is 0.363 e. The lowest BCUT2D eigenvalue weighted by molar-refractivity contribution is 0.102. The summed E-state index contributed by atoms with van der Waals surface area (Å²) in [5.41, 5.74) is 3.55. The molecule has 4 rings (SSSR count). The van der Waals surface area contributed by atoms with Gasteiger partial charge in [0.1, 0.15) is 17.2 Å². The molecule has 0 unspecified atom stereocenters. The fraction of sp³-hybridized carbons (Fsp3) is 0.400. The van der Waals surface area contributed by atoms with Crippen LogP contribution < -0.4 is 10.2 Å². The molecule has 0 saturated heterocycles. The van der Waals surface area contributed by atoms with Crippen molar-refractivity contribution in [2.45, 2.75) is 39.2 Å². The molecule has 27 heavy (non-hydrogen) atoms. The molecule has 0 aromatic carbocycles. The van der Waals surface area contributed by atoms with E-state index in [2.05, 4.69) is 19.9 Å². The van der Waals surface area contributed by atoms with Crippen molar-refractivity contribution in [3.63, 3.8) is 0 Å². The normalized spacial score (nSPS) is 13.9. The van der Waals surface area contributed by atoms with Crippen molar-refractivity contribution in [3.05, 3.63) is 41.5 Å². The number of aryl methyl sites for hydroxylation is 3. The second kappa shape index (κ2) is 6.98. The third kappa shape index (κ3) is 3.37. The second-order valence-corrected chi connectivity index (χ2v) is 7.23. The van der Waals surface area contributed by atoms with Gasteiger partial charge in [0.05, 0.1) is 17.4 Å². The van der Waals surface area contributed by atoms with Crippen molar-refractivity contribution in [2.24, 2.45) is 0 Å². The number of amides is 1. The van der Waals surface area contributed by atoms with Crippen LogP contribution in [0.5, 0.6) is 0 Å². The molecule has 3 aromatic heterocycles. The number of anilines is 2. The summed E-state index contributed by atoms with van der Waals surface area (Å²) < 4.78 is 2.18. The summed E-state index contributed by atoms with van der Waals surface area (Å²) in [6.07, 6.45) is 6.07. The van der Waals surface area contributed by atoms with Crippen molar-refractivity contribution < 1.29 is 4.79 Å². The fourth-order valence-electron chi connectivity index (χ4n) is 3.51. The highest BCUT2D eigenvalue weighted by atomic mass is 16.1. The van der Waals surface area contributed by atoms with E-state index in [4.69, 9.17) is 4.98 Å². The Morgan fingerprint density at radius 2 is 2.04 bits per heavy atom. The highest BCUT2D eigenvalue weighted by molar-refractivity contribution is 6.11. The molecule has 0 aliphatic carbocycles. The van der Waals surface area contributed by atoms with Crippen LogP contribution in [0.3, 0.4) is 0 Å². The maximum Gasteiger partial charge on any atom is 0.258 e. The lowest BCUT2D eigenvalue weighted by Crippen LogP contribution is -2.15. The zero-order valence-electron chi connectivity index (χ0n) is 16.0. The second-order valence-electron chi connectivity index (χ2n) is 7.23. The summed E-state index contributed by atoms with van der Waals surface area (Å²) in [4.78, 5) is 28.7. The van der Waals surface area contributed by atoms with E-state index in [9.17, 15) is 4.79 Å². The Balaban J connectivity index is 1.69. The number of carbonyl (C=O) groups excluding carboxylic acids is 1. The van der Waals surface area contributed by atoms with Crippen LogP contribution in [0.1, 0.15) is 41.1 Å². The number of rotatable bonds is 3. The minimum Gasteiger partial charge on any atom is -0.363 e. The molecule has 1 aliphatic rings. The van der Waals surface area contributed by atoms with E-state index in [1.807, 2.05) is 44.1 Å². The van der Waals surface area contributed by atoms with E-state index in [0.29, 0.717) is 16.8 Å². The first kappa shape index (κ1) is 17.5. The van der Waals surface area contributed by atoms with Crippen molar-refractivity contribution in [2.75, 3.05) is 24.3 Å². The number of nitrogens with zero attached hydrogens (tertiary/aromatic N) is 5. The molecule has 1 aliphatic heterocycles. The monoisotopic (exact) mass is 364 g/mol. The Bertz CT molecular complexity index is 990. The van der Waals surface area contributed by atoms with Gasteiger partial charge in [0, 0.05) is 32.8 Å². The van der Waals surface area contributed by atoms with Gasteiger partial charge in [0.15, 0.2) is 5.65 Å². The number of nitrogens with one attached hydrogen (secondary N) is 1. The van der Waals surface area contributed by atoms with Crippen LogP contribution in [0.2, 0.25) is 0 Å². The first-order valence-corrected chi connectivity index (χ1v) is 9.34. The average Bonchev–Trinajstić information content (AvgIpc) is 2.83. The van der Waals surface area contributed by atoms with Crippen molar-refractivity contribution in [3.8, 4) is 0 Å². The van der Waals surface area contributed by atoms with E-state index in [-0.39, 0.29) is 5.91 Å². The van der Waals surface area contributed by atoms with Crippen molar-refractivity contribution >= 4 is 28.6 Å². The van der Waals surface area contributed by atoms with Crippen LogP contribution in [0.15, 0.2) is 24.4 Å². The van der Waals surface area contributed by atoms with Gasteiger partial charge in [0.2, 0.25) is 0 Å². The minimum absolute atomic E-state index is 0.182. The first-order chi connectivity index (χ1) is 13.0. The summed E-state index contributed by atoms with van der Waals surface area (Å²) in [7, 11) is 3.86. The SMILES string of the molecule is Cc1cc(C(=O)Nc2ccc(N(C)C)nc2)c2nc3n(c2n1)CCCCC3. The van der Waals surface area contributed by atoms with E-state index < -0.39 is 0 Å². The smallest absolute Gasteiger partial charge is 0.258 e. The number of hydrogen-bond acceptors (Lipinski definition) is 5. The highest BCUT2D eigenvalue weighted by Gasteiger charge is 2.21. The molecule has 140 valence electrons. The van der Waals surface area contributed by atoms with Crippen molar-refractivity contribution in [1.82, 2.24) is 19.5 Å². The molecule has 7 nitrogen and oxygen atoms in total. The Kier molecular flexibility index (Phi) is 4.51. The van der Waals surface area contributed by atoms with Crippen LogP contribution in [-0.2, 0) is 13.0 Å². The van der Waals surface area contributed by atoms with Gasteiger partial charge in [-0.3, -0.25) is 4.79 Å². The van der Waals surface area contributed by atoms with Crippen LogP contribution in [0.4, 0.5) is 11.5 Å². The number of carbonyl (C=O) groups is 1. The van der Waals surface area contributed by atoms with E-state index in [1.54, 1.807) is 6.20 Å². The Morgan fingerprint density at radius 1 is 1.19 bits per heavy atom. The molecule has 0 saturated carbocycles. The van der Waals surface area contributed by atoms with Crippen LogP contribution >= 0.6 is 0 Å². The summed E-state index contributed by atoms with van der Waals surface area (Å²) in [6, 6.07) is 5.54.